The first-order valence-electron chi connectivity index (χ1n) is 7.34. The van der Waals surface area contributed by atoms with E-state index in [0.29, 0.717) is 17.9 Å². The van der Waals surface area contributed by atoms with E-state index >= 15 is 0 Å². The van der Waals surface area contributed by atoms with Crippen molar-refractivity contribution >= 4 is 0 Å². The molecule has 1 atom stereocenters. The summed E-state index contributed by atoms with van der Waals surface area (Å²) < 4.78 is 19.4. The Labute approximate surface area is 124 Å². The molecule has 0 aliphatic heterocycles. The second kappa shape index (κ2) is 7.38. The first kappa shape index (κ1) is 15.7. The van der Waals surface area contributed by atoms with Crippen molar-refractivity contribution in [3.63, 3.8) is 0 Å². The van der Waals surface area contributed by atoms with E-state index in [1.54, 1.807) is 13.0 Å². The zero-order valence-corrected chi connectivity index (χ0v) is 12.5. The van der Waals surface area contributed by atoms with E-state index in [2.05, 4.69) is 12.2 Å². The maximum absolute atomic E-state index is 13.6. The Morgan fingerprint density at radius 3 is 2.81 bits per heavy atom. The highest BCUT2D eigenvalue weighted by atomic mass is 19.1. The maximum atomic E-state index is 13.6. The predicted molar refractivity (Wildman–Crippen MR) is 81.5 cm³/mol. The molecule has 2 aromatic rings. The molecule has 0 amide bonds. The van der Waals surface area contributed by atoms with Crippen LogP contribution in [-0.2, 0) is 6.54 Å². The SMILES string of the molecule is CCC(CCO)NCc1ccc(-c2cccc(F)c2C)o1. The van der Waals surface area contributed by atoms with Gasteiger partial charge < -0.3 is 14.8 Å². The molecule has 1 unspecified atom stereocenters. The number of hydrogen-bond acceptors (Lipinski definition) is 3. The lowest BCUT2D eigenvalue weighted by Crippen LogP contribution is -2.28. The topological polar surface area (TPSA) is 45.4 Å². The van der Waals surface area contributed by atoms with Crippen molar-refractivity contribution in [3.8, 4) is 11.3 Å². The highest BCUT2D eigenvalue weighted by molar-refractivity contribution is 5.62. The summed E-state index contributed by atoms with van der Waals surface area (Å²) in [5, 5.41) is 12.3. The van der Waals surface area contributed by atoms with E-state index in [9.17, 15) is 4.39 Å². The van der Waals surface area contributed by atoms with Crippen LogP contribution >= 0.6 is 0 Å². The van der Waals surface area contributed by atoms with Crippen LogP contribution in [0.25, 0.3) is 11.3 Å². The number of furan rings is 1. The molecule has 2 rings (SSSR count). The summed E-state index contributed by atoms with van der Waals surface area (Å²) in [4.78, 5) is 0. The summed E-state index contributed by atoms with van der Waals surface area (Å²) in [5.74, 6) is 1.27. The van der Waals surface area contributed by atoms with Crippen molar-refractivity contribution in [3.05, 3.63) is 47.5 Å². The second-order valence-corrected chi connectivity index (χ2v) is 5.18. The van der Waals surface area contributed by atoms with Crippen molar-refractivity contribution in [2.75, 3.05) is 6.61 Å². The van der Waals surface area contributed by atoms with Crippen LogP contribution in [0.3, 0.4) is 0 Å². The summed E-state index contributed by atoms with van der Waals surface area (Å²) in [6.07, 6.45) is 1.68. The minimum atomic E-state index is -0.224. The molecule has 0 aliphatic rings. The number of benzene rings is 1. The Balaban J connectivity index is 2.06. The van der Waals surface area contributed by atoms with Gasteiger partial charge in [0.05, 0.1) is 6.54 Å². The van der Waals surface area contributed by atoms with Crippen LogP contribution in [0.5, 0.6) is 0 Å². The van der Waals surface area contributed by atoms with Gasteiger partial charge in [-0.1, -0.05) is 19.1 Å². The molecule has 0 saturated carbocycles. The summed E-state index contributed by atoms with van der Waals surface area (Å²) in [5.41, 5.74) is 1.38. The predicted octanol–water partition coefficient (Wildman–Crippen LogP) is 3.64. The molecule has 0 bridgehead atoms. The highest BCUT2D eigenvalue weighted by Gasteiger charge is 2.11. The normalized spacial score (nSPS) is 12.6. The molecular formula is C17H22FNO2. The Bertz CT molecular complexity index is 580. The maximum Gasteiger partial charge on any atom is 0.134 e. The van der Waals surface area contributed by atoms with Gasteiger partial charge in [0.25, 0.3) is 0 Å². The van der Waals surface area contributed by atoms with E-state index in [1.165, 1.54) is 6.07 Å². The van der Waals surface area contributed by atoms with Gasteiger partial charge in [-0.2, -0.15) is 0 Å². The van der Waals surface area contributed by atoms with Crippen molar-refractivity contribution in [1.82, 2.24) is 5.32 Å². The number of halogens is 1. The number of hydrogen-bond donors (Lipinski definition) is 2. The molecule has 1 aromatic heterocycles. The van der Waals surface area contributed by atoms with Gasteiger partial charge in [-0.15, -0.1) is 0 Å². The van der Waals surface area contributed by atoms with Crippen LogP contribution in [0, 0.1) is 12.7 Å². The molecule has 0 aliphatic carbocycles. The molecule has 0 spiro atoms. The lowest BCUT2D eigenvalue weighted by atomic mass is 10.1. The molecule has 3 nitrogen and oxygen atoms in total. The summed E-state index contributed by atoms with van der Waals surface area (Å²) in [6.45, 7) is 4.61. The minimum absolute atomic E-state index is 0.178. The van der Waals surface area contributed by atoms with Gasteiger partial charge in [0, 0.05) is 18.2 Å². The fraction of sp³-hybridized carbons (Fsp3) is 0.412. The fourth-order valence-electron chi connectivity index (χ4n) is 2.34. The summed E-state index contributed by atoms with van der Waals surface area (Å²) >= 11 is 0. The standard InChI is InChI=1S/C17H22FNO2/c1-3-13(9-10-20)19-11-14-7-8-17(21-14)15-5-4-6-16(18)12(15)2/h4-8,13,19-20H,3,9-11H2,1-2H3. The molecule has 0 saturated heterocycles. The third-order valence-corrected chi connectivity index (χ3v) is 3.73. The molecule has 21 heavy (non-hydrogen) atoms. The van der Waals surface area contributed by atoms with Crippen LogP contribution in [0.1, 0.15) is 31.1 Å². The molecule has 4 heteroatoms. The third kappa shape index (κ3) is 3.93. The lowest BCUT2D eigenvalue weighted by Gasteiger charge is -2.14. The zero-order valence-electron chi connectivity index (χ0n) is 12.5. The fourth-order valence-corrected chi connectivity index (χ4v) is 2.34. The molecular weight excluding hydrogens is 269 g/mol. The zero-order chi connectivity index (χ0) is 15.2. The quantitative estimate of drug-likeness (QED) is 0.818. The number of aliphatic hydroxyl groups is 1. The van der Waals surface area contributed by atoms with E-state index in [-0.39, 0.29) is 18.5 Å². The van der Waals surface area contributed by atoms with Crippen LogP contribution in [-0.4, -0.2) is 17.8 Å². The van der Waals surface area contributed by atoms with Gasteiger partial charge in [0.2, 0.25) is 0 Å². The number of nitrogens with one attached hydrogen (secondary N) is 1. The van der Waals surface area contributed by atoms with Gasteiger partial charge in [0.1, 0.15) is 17.3 Å². The van der Waals surface area contributed by atoms with Crippen LogP contribution < -0.4 is 5.32 Å². The van der Waals surface area contributed by atoms with Gasteiger partial charge in [0.15, 0.2) is 0 Å². The Morgan fingerprint density at radius 1 is 1.29 bits per heavy atom. The van der Waals surface area contributed by atoms with Crippen molar-refractivity contribution < 1.29 is 13.9 Å². The van der Waals surface area contributed by atoms with Gasteiger partial charge in [-0.25, -0.2) is 4.39 Å². The second-order valence-electron chi connectivity index (χ2n) is 5.18. The van der Waals surface area contributed by atoms with E-state index in [4.69, 9.17) is 9.52 Å². The molecule has 0 fully saturated rings. The van der Waals surface area contributed by atoms with E-state index in [0.717, 1.165) is 24.2 Å². The smallest absolute Gasteiger partial charge is 0.134 e. The van der Waals surface area contributed by atoms with Crippen molar-refractivity contribution in [2.24, 2.45) is 0 Å². The van der Waals surface area contributed by atoms with Crippen molar-refractivity contribution in [2.45, 2.75) is 39.3 Å². The third-order valence-electron chi connectivity index (χ3n) is 3.73. The van der Waals surface area contributed by atoms with Gasteiger partial charge in [-0.3, -0.25) is 0 Å². The molecule has 114 valence electrons. The van der Waals surface area contributed by atoms with E-state index < -0.39 is 0 Å². The number of aliphatic hydroxyl groups excluding tert-OH is 1. The van der Waals surface area contributed by atoms with Crippen LogP contribution in [0.4, 0.5) is 4.39 Å². The average molecular weight is 291 g/mol. The first-order chi connectivity index (χ1) is 10.2. The lowest BCUT2D eigenvalue weighted by molar-refractivity contribution is 0.260. The van der Waals surface area contributed by atoms with Gasteiger partial charge >= 0.3 is 0 Å². The van der Waals surface area contributed by atoms with Gasteiger partial charge in [-0.05, 0) is 43.5 Å². The summed E-state index contributed by atoms with van der Waals surface area (Å²) in [6, 6.07) is 9.04. The van der Waals surface area contributed by atoms with Crippen molar-refractivity contribution in [1.29, 1.82) is 0 Å². The number of rotatable bonds is 7. The minimum Gasteiger partial charge on any atom is -0.460 e. The highest BCUT2D eigenvalue weighted by Crippen LogP contribution is 2.27. The first-order valence-corrected chi connectivity index (χ1v) is 7.34. The van der Waals surface area contributed by atoms with Crippen LogP contribution in [0.15, 0.2) is 34.7 Å². The average Bonchev–Trinajstić information content (AvgIpc) is 2.95. The molecule has 1 heterocycles. The monoisotopic (exact) mass is 291 g/mol. The summed E-state index contributed by atoms with van der Waals surface area (Å²) in [7, 11) is 0. The largest absolute Gasteiger partial charge is 0.460 e. The van der Waals surface area contributed by atoms with Crippen LogP contribution in [0.2, 0.25) is 0 Å². The molecule has 0 radical (unpaired) electrons. The van der Waals surface area contributed by atoms with E-state index in [1.807, 2.05) is 18.2 Å². The Kier molecular flexibility index (Phi) is 5.53. The molecule has 2 N–H and O–H groups in total. The molecule has 1 aromatic carbocycles. The Hall–Kier alpha value is -1.65. The Morgan fingerprint density at radius 2 is 2.10 bits per heavy atom.